The monoisotopic (exact) mass is 224 g/mol. The van der Waals surface area contributed by atoms with E-state index in [0.29, 0.717) is 5.57 Å². The molecule has 3 heterocycles. The van der Waals surface area contributed by atoms with Crippen molar-refractivity contribution in [1.82, 2.24) is 0 Å². The van der Waals surface area contributed by atoms with Gasteiger partial charge < -0.3 is 0 Å². The van der Waals surface area contributed by atoms with E-state index in [9.17, 15) is 0 Å². The molecule has 3 aliphatic heterocycles. The van der Waals surface area contributed by atoms with Gasteiger partial charge in [-0.2, -0.15) is 0 Å². The van der Waals surface area contributed by atoms with Crippen LogP contribution in [0.2, 0.25) is 0 Å². The second-order valence-corrected chi connectivity index (χ2v) is 7.02. The average molecular weight is 224 g/mol. The molecule has 3 rings (SSSR count). The van der Waals surface area contributed by atoms with Gasteiger partial charge in [0.15, 0.2) is 0 Å². The Labute approximate surface area is 80.9 Å². The normalized spacial score (nSPS) is 34.6. The molecule has 0 aliphatic carbocycles. The van der Waals surface area contributed by atoms with Crippen molar-refractivity contribution in [2.45, 2.75) is 13.0 Å². The summed E-state index contributed by atoms with van der Waals surface area (Å²) in [6, 6.07) is 0. The first kappa shape index (κ1) is 10.1. The minimum atomic E-state index is -3.69. The summed E-state index contributed by atoms with van der Waals surface area (Å²) < 4.78 is 15.9. The summed E-state index contributed by atoms with van der Waals surface area (Å²) in [6.45, 7) is 1.48. The van der Waals surface area contributed by atoms with Crippen molar-refractivity contribution in [1.29, 1.82) is 0 Å². The second-order valence-electron chi connectivity index (χ2n) is 3.43. The standard InChI is InChI=1S/C7H13O6P/c1-5-6(2-8)11-14(3-9,4-10)12-7(5)13-14/h6,8-10H,2-4H2,1H3. The predicted molar refractivity (Wildman–Crippen MR) is 47.9 cm³/mol. The third-order valence-corrected chi connectivity index (χ3v) is 5.42. The Balaban J connectivity index is 2.33. The molecule has 1 unspecified atom stereocenters. The molecular formula is C7H13O6P. The maximum absolute atomic E-state index is 9.16. The fraction of sp³-hybridized carbons (Fsp3) is 0.714. The van der Waals surface area contributed by atoms with Crippen molar-refractivity contribution in [3.63, 3.8) is 0 Å². The molecule has 2 bridgehead atoms. The summed E-state index contributed by atoms with van der Waals surface area (Å²) in [5.74, 6) is 0.260. The fourth-order valence-electron chi connectivity index (χ4n) is 1.46. The first-order valence-corrected chi connectivity index (χ1v) is 6.58. The van der Waals surface area contributed by atoms with Crippen LogP contribution in [-0.2, 0) is 13.6 Å². The van der Waals surface area contributed by atoms with Crippen LogP contribution in [0.3, 0.4) is 0 Å². The summed E-state index contributed by atoms with van der Waals surface area (Å²) >= 11 is 0. The summed E-state index contributed by atoms with van der Waals surface area (Å²) in [5.41, 5.74) is 0.640. The molecule has 1 saturated heterocycles. The molecule has 0 aromatic carbocycles. The van der Waals surface area contributed by atoms with Crippen molar-refractivity contribution in [2.24, 2.45) is 0 Å². The van der Waals surface area contributed by atoms with Gasteiger partial charge in [0, 0.05) is 0 Å². The van der Waals surface area contributed by atoms with Gasteiger partial charge in [0.25, 0.3) is 0 Å². The van der Waals surface area contributed by atoms with Crippen molar-refractivity contribution >= 4 is 7.28 Å². The van der Waals surface area contributed by atoms with Crippen LogP contribution < -0.4 is 0 Å². The van der Waals surface area contributed by atoms with Crippen molar-refractivity contribution in [3.8, 4) is 0 Å². The van der Waals surface area contributed by atoms with Gasteiger partial charge in [-0.1, -0.05) is 0 Å². The van der Waals surface area contributed by atoms with Crippen LogP contribution in [0, 0.1) is 0 Å². The molecule has 3 aliphatic rings. The van der Waals surface area contributed by atoms with E-state index >= 15 is 0 Å². The molecule has 14 heavy (non-hydrogen) atoms. The summed E-state index contributed by atoms with van der Waals surface area (Å²) in [6.07, 6.45) is -1.56. The molecule has 0 aromatic rings. The Morgan fingerprint density at radius 1 is 1.21 bits per heavy atom. The Hall–Kier alpha value is -0.390. The van der Waals surface area contributed by atoms with Crippen molar-refractivity contribution in [2.75, 3.05) is 19.3 Å². The van der Waals surface area contributed by atoms with E-state index in [1.807, 2.05) is 0 Å². The van der Waals surface area contributed by atoms with E-state index < -0.39 is 26.1 Å². The van der Waals surface area contributed by atoms with Crippen LogP contribution in [0.5, 0.6) is 0 Å². The average Bonchev–Trinajstić information content (AvgIpc) is 2.18. The van der Waals surface area contributed by atoms with E-state index in [1.165, 1.54) is 0 Å². The van der Waals surface area contributed by atoms with Crippen LogP contribution in [0.1, 0.15) is 6.92 Å². The van der Waals surface area contributed by atoms with Crippen LogP contribution in [0.4, 0.5) is 0 Å². The van der Waals surface area contributed by atoms with Crippen LogP contribution in [0.15, 0.2) is 11.5 Å². The molecule has 0 aromatic heterocycles. The number of aliphatic hydroxyl groups is 3. The quantitative estimate of drug-likeness (QED) is 0.578. The van der Waals surface area contributed by atoms with Crippen LogP contribution >= 0.6 is 7.28 Å². The van der Waals surface area contributed by atoms with Gasteiger partial charge in [-0.15, -0.1) is 0 Å². The van der Waals surface area contributed by atoms with Crippen LogP contribution in [-0.4, -0.2) is 40.7 Å². The Bertz CT molecular complexity index is 285. The van der Waals surface area contributed by atoms with E-state index in [1.54, 1.807) is 6.92 Å². The molecule has 0 amide bonds. The van der Waals surface area contributed by atoms with Crippen molar-refractivity contribution < 1.29 is 28.9 Å². The van der Waals surface area contributed by atoms with Gasteiger partial charge in [0.05, 0.1) is 0 Å². The molecular weight excluding hydrogens is 211 g/mol. The number of rotatable bonds is 3. The van der Waals surface area contributed by atoms with Gasteiger partial charge in [-0.3, -0.25) is 0 Å². The minimum absolute atomic E-state index is 0.222. The topological polar surface area (TPSA) is 88.4 Å². The number of hydrogen-bond donors (Lipinski definition) is 3. The molecule has 82 valence electrons. The molecule has 1 atom stereocenters. The number of fused-ring (bicyclic) bond motifs is 2. The van der Waals surface area contributed by atoms with E-state index in [4.69, 9.17) is 28.9 Å². The molecule has 0 radical (unpaired) electrons. The first-order valence-electron chi connectivity index (χ1n) is 4.22. The molecule has 6 nitrogen and oxygen atoms in total. The summed E-state index contributed by atoms with van der Waals surface area (Å²) in [5, 5.41) is 27.3. The molecule has 0 saturated carbocycles. The Kier molecular flexibility index (Phi) is 2.03. The SMILES string of the molecule is CC1=C2OP(CO)(CO)(O2)OC1CO. The zero-order chi connectivity index (χ0) is 10.4. The van der Waals surface area contributed by atoms with Gasteiger partial charge >= 0.3 is 80.0 Å². The Morgan fingerprint density at radius 3 is 2.21 bits per heavy atom. The van der Waals surface area contributed by atoms with Crippen LogP contribution in [0.25, 0.3) is 0 Å². The number of aliphatic hydroxyl groups excluding tert-OH is 3. The molecule has 7 heteroatoms. The summed E-state index contributed by atoms with van der Waals surface area (Å²) in [7, 11) is -3.69. The van der Waals surface area contributed by atoms with E-state index in [2.05, 4.69) is 0 Å². The predicted octanol–water partition coefficient (Wildman–Crippen LogP) is -0.146. The zero-order valence-corrected chi connectivity index (χ0v) is 8.61. The third-order valence-electron chi connectivity index (χ3n) is 2.45. The number of hydrogen-bond acceptors (Lipinski definition) is 6. The molecule has 3 N–H and O–H groups in total. The zero-order valence-electron chi connectivity index (χ0n) is 7.71. The van der Waals surface area contributed by atoms with Gasteiger partial charge in [0.1, 0.15) is 0 Å². The van der Waals surface area contributed by atoms with Gasteiger partial charge in [-0.05, 0) is 0 Å². The maximum atomic E-state index is 9.16. The first-order chi connectivity index (χ1) is 6.58. The van der Waals surface area contributed by atoms with Gasteiger partial charge in [-0.25, -0.2) is 0 Å². The third kappa shape index (κ3) is 1.03. The van der Waals surface area contributed by atoms with Crippen molar-refractivity contribution in [3.05, 3.63) is 11.5 Å². The van der Waals surface area contributed by atoms with Gasteiger partial charge in [0.2, 0.25) is 0 Å². The Morgan fingerprint density at radius 2 is 1.79 bits per heavy atom. The molecule has 0 spiro atoms. The van der Waals surface area contributed by atoms with E-state index in [0.717, 1.165) is 0 Å². The fourth-order valence-corrected chi connectivity index (χ4v) is 3.83. The molecule has 1 fully saturated rings. The van der Waals surface area contributed by atoms with E-state index in [-0.39, 0.29) is 12.6 Å². The second kappa shape index (κ2) is 2.81. The summed E-state index contributed by atoms with van der Waals surface area (Å²) in [4.78, 5) is 0.